The fraction of sp³-hybridized carbons (Fsp3) is 0.192. The van der Waals surface area contributed by atoms with Gasteiger partial charge in [0.25, 0.3) is 11.8 Å². The number of ether oxygens (including phenoxy) is 2. The molecule has 0 heterocycles. The van der Waals surface area contributed by atoms with Crippen LogP contribution in [0.2, 0.25) is 0 Å². The first kappa shape index (κ1) is 23.5. The third-order valence-electron chi connectivity index (χ3n) is 4.91. The van der Waals surface area contributed by atoms with Crippen LogP contribution in [0.25, 0.3) is 0 Å². The van der Waals surface area contributed by atoms with Gasteiger partial charge in [0.2, 0.25) is 0 Å². The third-order valence-corrected chi connectivity index (χ3v) is 4.91. The van der Waals surface area contributed by atoms with Crippen molar-refractivity contribution >= 4 is 18.0 Å². The van der Waals surface area contributed by atoms with E-state index in [0.29, 0.717) is 23.7 Å². The summed E-state index contributed by atoms with van der Waals surface area (Å²) in [7, 11) is 1.55. The van der Waals surface area contributed by atoms with E-state index in [9.17, 15) is 9.59 Å². The van der Waals surface area contributed by atoms with Crippen LogP contribution in [0.15, 0.2) is 77.9 Å². The van der Waals surface area contributed by atoms with Crippen LogP contribution in [0.3, 0.4) is 0 Å². The molecular formula is C26H27N3O4. The maximum atomic E-state index is 12.3. The third kappa shape index (κ3) is 6.93. The summed E-state index contributed by atoms with van der Waals surface area (Å²) >= 11 is 0. The Morgan fingerprint density at radius 1 is 1.00 bits per heavy atom. The molecule has 0 aromatic heterocycles. The van der Waals surface area contributed by atoms with E-state index in [0.717, 1.165) is 11.1 Å². The molecule has 1 unspecified atom stereocenters. The number of carbonyl (C=O) groups excluding carboxylic acids is 2. The van der Waals surface area contributed by atoms with Gasteiger partial charge in [-0.1, -0.05) is 42.0 Å². The lowest BCUT2D eigenvalue weighted by atomic mass is 10.1. The summed E-state index contributed by atoms with van der Waals surface area (Å²) in [5.41, 5.74) is 5.85. The smallest absolute Gasteiger partial charge is 0.262 e. The van der Waals surface area contributed by atoms with E-state index in [-0.39, 0.29) is 5.91 Å². The Kier molecular flexibility index (Phi) is 8.18. The molecule has 2 N–H and O–H groups in total. The molecule has 0 saturated heterocycles. The van der Waals surface area contributed by atoms with Gasteiger partial charge in [-0.15, -0.1) is 0 Å². The van der Waals surface area contributed by atoms with Gasteiger partial charge in [-0.3, -0.25) is 9.59 Å². The second kappa shape index (κ2) is 11.5. The standard InChI is InChI=1S/C26H27N3O4/c1-18-8-10-20(11-9-18)17-33-24-7-5-4-6-22(24)16-27-29-25(30)19(2)28-26(31)21-12-14-23(32-3)15-13-21/h4-16,19H,17H2,1-3H3,(H,28,31)(H,29,30). The number of benzene rings is 3. The second-order valence-corrected chi connectivity index (χ2v) is 7.47. The highest BCUT2D eigenvalue weighted by Crippen LogP contribution is 2.18. The molecule has 3 rings (SSSR count). The lowest BCUT2D eigenvalue weighted by Crippen LogP contribution is -2.43. The highest BCUT2D eigenvalue weighted by Gasteiger charge is 2.16. The highest BCUT2D eigenvalue weighted by molar-refractivity contribution is 5.97. The van der Waals surface area contributed by atoms with Crippen molar-refractivity contribution in [3.63, 3.8) is 0 Å². The summed E-state index contributed by atoms with van der Waals surface area (Å²) < 4.78 is 11.0. The topological polar surface area (TPSA) is 89.0 Å². The van der Waals surface area contributed by atoms with E-state index in [4.69, 9.17) is 9.47 Å². The molecule has 0 bridgehead atoms. The Morgan fingerprint density at radius 2 is 1.70 bits per heavy atom. The highest BCUT2D eigenvalue weighted by atomic mass is 16.5. The summed E-state index contributed by atoms with van der Waals surface area (Å²) in [6.45, 7) is 4.05. The summed E-state index contributed by atoms with van der Waals surface area (Å²) in [5, 5.41) is 6.67. The minimum absolute atomic E-state index is 0.362. The van der Waals surface area contributed by atoms with Crippen molar-refractivity contribution in [1.29, 1.82) is 0 Å². The number of rotatable bonds is 9. The number of carbonyl (C=O) groups is 2. The summed E-state index contributed by atoms with van der Waals surface area (Å²) in [5.74, 6) is 0.497. The number of hydrogen-bond acceptors (Lipinski definition) is 5. The van der Waals surface area contributed by atoms with E-state index in [1.807, 2.05) is 55.5 Å². The lowest BCUT2D eigenvalue weighted by Gasteiger charge is -2.12. The van der Waals surface area contributed by atoms with Crippen molar-refractivity contribution in [3.05, 3.63) is 95.1 Å². The normalized spacial score (nSPS) is 11.6. The Bertz CT molecular complexity index is 1110. The summed E-state index contributed by atoms with van der Waals surface area (Å²) in [6.07, 6.45) is 1.51. The molecule has 3 aromatic rings. The zero-order valence-corrected chi connectivity index (χ0v) is 18.9. The van der Waals surface area contributed by atoms with Gasteiger partial charge in [-0.2, -0.15) is 5.10 Å². The molecule has 33 heavy (non-hydrogen) atoms. The average molecular weight is 446 g/mol. The van der Waals surface area contributed by atoms with Crippen LogP contribution >= 0.6 is 0 Å². The Hall–Kier alpha value is -4.13. The van der Waals surface area contributed by atoms with Crippen LogP contribution in [0, 0.1) is 6.92 Å². The van der Waals surface area contributed by atoms with Gasteiger partial charge in [0, 0.05) is 11.1 Å². The molecule has 0 aliphatic rings. The Balaban J connectivity index is 1.53. The molecule has 0 aliphatic carbocycles. The van der Waals surface area contributed by atoms with Crippen LogP contribution in [0.1, 0.15) is 34.0 Å². The van der Waals surface area contributed by atoms with E-state index in [1.165, 1.54) is 11.8 Å². The van der Waals surface area contributed by atoms with E-state index < -0.39 is 11.9 Å². The van der Waals surface area contributed by atoms with Gasteiger partial charge in [0.05, 0.1) is 13.3 Å². The van der Waals surface area contributed by atoms with Gasteiger partial charge >= 0.3 is 0 Å². The van der Waals surface area contributed by atoms with E-state index in [2.05, 4.69) is 15.8 Å². The maximum absolute atomic E-state index is 12.3. The number of hydrogen-bond donors (Lipinski definition) is 2. The molecule has 2 amide bonds. The first-order chi connectivity index (χ1) is 16.0. The quantitative estimate of drug-likeness (QED) is 0.387. The molecule has 170 valence electrons. The molecule has 0 aliphatic heterocycles. The molecule has 1 atom stereocenters. The van der Waals surface area contributed by atoms with Crippen LogP contribution in [0.5, 0.6) is 11.5 Å². The van der Waals surface area contributed by atoms with Crippen LogP contribution < -0.4 is 20.2 Å². The van der Waals surface area contributed by atoms with Crippen LogP contribution in [0.4, 0.5) is 0 Å². The molecular weight excluding hydrogens is 418 g/mol. The Morgan fingerprint density at radius 3 is 2.39 bits per heavy atom. The fourth-order valence-electron chi connectivity index (χ4n) is 2.91. The van der Waals surface area contributed by atoms with Crippen molar-refractivity contribution in [3.8, 4) is 11.5 Å². The SMILES string of the molecule is COc1ccc(C(=O)NC(C)C(=O)NN=Cc2ccccc2OCc2ccc(C)cc2)cc1. The molecule has 0 saturated carbocycles. The van der Waals surface area contributed by atoms with Crippen molar-refractivity contribution < 1.29 is 19.1 Å². The number of amides is 2. The predicted molar refractivity (Wildman–Crippen MR) is 128 cm³/mol. The van der Waals surface area contributed by atoms with Gasteiger partial charge < -0.3 is 14.8 Å². The monoisotopic (exact) mass is 445 g/mol. The van der Waals surface area contributed by atoms with Crippen molar-refractivity contribution in [1.82, 2.24) is 10.7 Å². The first-order valence-electron chi connectivity index (χ1n) is 10.5. The van der Waals surface area contributed by atoms with E-state index >= 15 is 0 Å². The summed E-state index contributed by atoms with van der Waals surface area (Å²) in [4.78, 5) is 24.7. The first-order valence-corrected chi connectivity index (χ1v) is 10.5. The van der Waals surface area contributed by atoms with Gasteiger partial charge in [-0.25, -0.2) is 5.43 Å². The molecule has 0 radical (unpaired) electrons. The molecule has 3 aromatic carbocycles. The number of hydrazone groups is 1. The number of aryl methyl sites for hydroxylation is 1. The minimum atomic E-state index is -0.773. The zero-order chi connectivity index (χ0) is 23.6. The number of nitrogens with zero attached hydrogens (tertiary/aromatic N) is 1. The van der Waals surface area contributed by atoms with Gasteiger partial charge in [0.1, 0.15) is 24.1 Å². The van der Waals surface area contributed by atoms with E-state index in [1.54, 1.807) is 38.3 Å². The predicted octanol–water partition coefficient (Wildman–Crippen LogP) is 3.85. The average Bonchev–Trinajstić information content (AvgIpc) is 2.84. The summed E-state index contributed by atoms with van der Waals surface area (Å²) in [6, 6.07) is 21.4. The zero-order valence-electron chi connectivity index (χ0n) is 18.9. The molecule has 7 heteroatoms. The Labute approximate surface area is 193 Å². The van der Waals surface area contributed by atoms with Gasteiger partial charge in [-0.05, 0) is 55.8 Å². The van der Waals surface area contributed by atoms with Crippen molar-refractivity contribution in [2.75, 3.05) is 7.11 Å². The molecule has 0 spiro atoms. The second-order valence-electron chi connectivity index (χ2n) is 7.47. The minimum Gasteiger partial charge on any atom is -0.497 e. The molecule has 7 nitrogen and oxygen atoms in total. The number of para-hydroxylation sites is 1. The maximum Gasteiger partial charge on any atom is 0.262 e. The molecule has 0 fully saturated rings. The van der Waals surface area contributed by atoms with Crippen molar-refractivity contribution in [2.24, 2.45) is 5.10 Å². The largest absolute Gasteiger partial charge is 0.497 e. The van der Waals surface area contributed by atoms with Gasteiger partial charge in [0.15, 0.2) is 0 Å². The fourth-order valence-corrected chi connectivity index (χ4v) is 2.91. The van der Waals surface area contributed by atoms with Crippen molar-refractivity contribution in [2.45, 2.75) is 26.5 Å². The van der Waals surface area contributed by atoms with Crippen LogP contribution in [-0.4, -0.2) is 31.2 Å². The van der Waals surface area contributed by atoms with Crippen LogP contribution in [-0.2, 0) is 11.4 Å². The number of nitrogens with one attached hydrogen (secondary N) is 2. The lowest BCUT2D eigenvalue weighted by molar-refractivity contribution is -0.122. The number of methoxy groups -OCH3 is 1.